The second-order valence-electron chi connectivity index (χ2n) is 8.81. The van der Waals surface area contributed by atoms with E-state index in [1.165, 1.54) is 0 Å². The smallest absolute Gasteiger partial charge is 0.231 e. The van der Waals surface area contributed by atoms with Crippen LogP contribution in [0.5, 0.6) is 0 Å². The number of nitrogens with two attached hydrogens (primary N) is 1. The van der Waals surface area contributed by atoms with Crippen molar-refractivity contribution in [2.75, 3.05) is 45.8 Å². The van der Waals surface area contributed by atoms with Crippen LogP contribution in [0.15, 0.2) is 0 Å². The van der Waals surface area contributed by atoms with Crippen molar-refractivity contribution < 1.29 is 14.4 Å². The summed E-state index contributed by atoms with van der Waals surface area (Å²) in [6.45, 7) is 11.2. The number of carbonyl (C=O) groups is 3. The lowest BCUT2D eigenvalue weighted by Gasteiger charge is -2.34. The highest BCUT2D eigenvalue weighted by atomic mass is 16.2. The predicted octanol–water partition coefficient (Wildman–Crippen LogP) is 0.873. The minimum Gasteiger partial charge on any atom is -0.369 e. The fourth-order valence-electron chi connectivity index (χ4n) is 4.31. The summed E-state index contributed by atoms with van der Waals surface area (Å²) in [6.07, 6.45) is 3.73. The molecule has 7 heteroatoms. The maximum Gasteiger partial charge on any atom is 0.231 e. The summed E-state index contributed by atoms with van der Waals surface area (Å²) in [5.74, 6) is 0.0469. The molecule has 1 aliphatic carbocycles. The minimum absolute atomic E-state index is 0.00935. The van der Waals surface area contributed by atoms with E-state index in [2.05, 4.69) is 29.0 Å². The van der Waals surface area contributed by atoms with E-state index >= 15 is 0 Å². The van der Waals surface area contributed by atoms with Crippen LogP contribution in [0, 0.1) is 23.7 Å². The van der Waals surface area contributed by atoms with Gasteiger partial charge in [0.2, 0.25) is 11.8 Å². The van der Waals surface area contributed by atoms with Crippen LogP contribution in [0.2, 0.25) is 0 Å². The molecule has 1 heterocycles. The third-order valence-corrected chi connectivity index (χ3v) is 6.49. The molecule has 0 aromatic heterocycles. The van der Waals surface area contributed by atoms with Crippen molar-refractivity contribution in [3.63, 3.8) is 0 Å². The number of rotatable bonds is 9. The normalized spacial score (nSPS) is 25.4. The number of nitrogens with one attached hydrogen (secondary N) is 1. The molecular weight excluding hydrogens is 356 g/mol. The third-order valence-electron chi connectivity index (χ3n) is 6.49. The molecule has 0 radical (unpaired) electrons. The third kappa shape index (κ3) is 6.55. The lowest BCUT2D eigenvalue weighted by Crippen LogP contribution is -2.50. The Hall–Kier alpha value is -1.47. The van der Waals surface area contributed by atoms with Crippen LogP contribution < -0.4 is 11.1 Å². The van der Waals surface area contributed by atoms with Crippen molar-refractivity contribution in [2.24, 2.45) is 29.4 Å². The predicted molar refractivity (Wildman–Crippen MR) is 110 cm³/mol. The molecule has 0 aromatic carbocycles. The molecular formula is C21H38N4O3. The molecule has 160 valence electrons. The fraction of sp³-hybridized carbons (Fsp3) is 0.857. The van der Waals surface area contributed by atoms with Gasteiger partial charge in [0.25, 0.3) is 0 Å². The van der Waals surface area contributed by atoms with E-state index in [0.717, 1.165) is 58.4 Å². The van der Waals surface area contributed by atoms with Crippen LogP contribution in [0.1, 0.15) is 46.5 Å². The van der Waals surface area contributed by atoms with Gasteiger partial charge >= 0.3 is 0 Å². The van der Waals surface area contributed by atoms with Gasteiger partial charge in [-0.05, 0) is 18.8 Å². The fourth-order valence-corrected chi connectivity index (χ4v) is 4.31. The number of carbonyl (C=O) groups excluding carboxylic acids is 3. The van der Waals surface area contributed by atoms with E-state index in [0.29, 0.717) is 19.0 Å². The average Bonchev–Trinajstić information content (AvgIpc) is 2.67. The largest absolute Gasteiger partial charge is 0.369 e. The van der Waals surface area contributed by atoms with Gasteiger partial charge in [-0.25, -0.2) is 0 Å². The number of ketones is 1. The topological polar surface area (TPSA) is 95.7 Å². The van der Waals surface area contributed by atoms with E-state index in [1.54, 1.807) is 0 Å². The molecule has 2 fully saturated rings. The van der Waals surface area contributed by atoms with Gasteiger partial charge in [-0.3, -0.25) is 24.2 Å². The van der Waals surface area contributed by atoms with Crippen molar-refractivity contribution >= 4 is 17.6 Å². The summed E-state index contributed by atoms with van der Waals surface area (Å²) in [6, 6.07) is 0. The molecule has 3 N–H and O–H groups in total. The summed E-state index contributed by atoms with van der Waals surface area (Å²) in [7, 11) is 0. The number of hydrogen-bond donors (Lipinski definition) is 2. The first kappa shape index (κ1) is 22.8. The van der Waals surface area contributed by atoms with Gasteiger partial charge in [0.1, 0.15) is 5.78 Å². The standard InChI is InChI=1S/C21H38N4O3/c1-15(2)16(3)20(27)17-6-4-5-7-18(17)21(28)23-8-9-24-10-12-25(13-11-24)14-19(22)26/h15-18H,4-14H2,1-3H3,(H2,22,26)(H,23,28)/t16-,17+,18-/m0/s1. The quantitative estimate of drug-likeness (QED) is 0.605. The lowest BCUT2D eigenvalue weighted by molar-refractivity contribution is -0.138. The minimum atomic E-state index is -0.288. The Balaban J connectivity index is 1.77. The van der Waals surface area contributed by atoms with Gasteiger partial charge in [0, 0.05) is 57.0 Å². The molecule has 0 unspecified atom stereocenters. The van der Waals surface area contributed by atoms with Gasteiger partial charge in [-0.2, -0.15) is 0 Å². The molecule has 1 saturated heterocycles. The monoisotopic (exact) mass is 394 g/mol. The van der Waals surface area contributed by atoms with Crippen LogP contribution in [0.3, 0.4) is 0 Å². The van der Waals surface area contributed by atoms with E-state index in [-0.39, 0.29) is 35.4 Å². The van der Waals surface area contributed by atoms with E-state index in [1.807, 2.05) is 6.92 Å². The summed E-state index contributed by atoms with van der Waals surface area (Å²) in [4.78, 5) is 41.0. The van der Waals surface area contributed by atoms with Gasteiger partial charge < -0.3 is 11.1 Å². The number of amides is 2. The van der Waals surface area contributed by atoms with Crippen molar-refractivity contribution in [1.29, 1.82) is 0 Å². The number of Topliss-reactive ketones (excluding diaryl/α,β-unsaturated/α-hetero) is 1. The summed E-state index contributed by atoms with van der Waals surface area (Å²) < 4.78 is 0. The first-order chi connectivity index (χ1) is 13.3. The zero-order valence-electron chi connectivity index (χ0n) is 17.8. The van der Waals surface area contributed by atoms with Crippen molar-refractivity contribution in [3.8, 4) is 0 Å². The molecule has 0 aromatic rings. The second kappa shape index (κ2) is 10.9. The molecule has 0 bridgehead atoms. The molecule has 2 amide bonds. The van der Waals surface area contributed by atoms with Gasteiger partial charge in [0.15, 0.2) is 0 Å². The number of hydrogen-bond acceptors (Lipinski definition) is 5. The zero-order valence-corrected chi connectivity index (χ0v) is 17.8. The molecule has 7 nitrogen and oxygen atoms in total. The molecule has 2 rings (SSSR count). The molecule has 28 heavy (non-hydrogen) atoms. The Kier molecular flexibility index (Phi) is 8.89. The molecule has 1 saturated carbocycles. The van der Waals surface area contributed by atoms with Gasteiger partial charge in [-0.15, -0.1) is 0 Å². The SMILES string of the molecule is CC(C)[C@H](C)C(=O)[C@@H]1CCCC[C@@H]1C(=O)NCCN1CCN(CC(N)=O)CC1. The Morgan fingerprint density at radius 2 is 1.54 bits per heavy atom. The molecule has 0 spiro atoms. The Bertz CT molecular complexity index is 544. The lowest BCUT2D eigenvalue weighted by atomic mass is 9.72. The summed E-state index contributed by atoms with van der Waals surface area (Å²) in [5.41, 5.74) is 5.24. The molecule has 2 aliphatic rings. The van der Waals surface area contributed by atoms with Crippen LogP contribution >= 0.6 is 0 Å². The number of primary amides is 1. The van der Waals surface area contributed by atoms with Crippen LogP contribution in [-0.2, 0) is 14.4 Å². The summed E-state index contributed by atoms with van der Waals surface area (Å²) >= 11 is 0. The van der Waals surface area contributed by atoms with E-state index in [9.17, 15) is 14.4 Å². The Morgan fingerprint density at radius 1 is 0.964 bits per heavy atom. The highest BCUT2D eigenvalue weighted by Gasteiger charge is 2.37. The number of nitrogens with zero attached hydrogens (tertiary/aromatic N) is 2. The summed E-state index contributed by atoms with van der Waals surface area (Å²) in [5, 5.41) is 3.08. The van der Waals surface area contributed by atoms with Crippen molar-refractivity contribution in [2.45, 2.75) is 46.5 Å². The molecule has 1 aliphatic heterocycles. The first-order valence-corrected chi connectivity index (χ1v) is 10.8. The maximum absolute atomic E-state index is 12.9. The van der Waals surface area contributed by atoms with Crippen LogP contribution in [0.25, 0.3) is 0 Å². The van der Waals surface area contributed by atoms with Gasteiger partial charge in [-0.1, -0.05) is 33.6 Å². The highest BCUT2D eigenvalue weighted by molar-refractivity contribution is 5.90. The number of piperazine rings is 1. The average molecular weight is 395 g/mol. The zero-order chi connectivity index (χ0) is 20.7. The first-order valence-electron chi connectivity index (χ1n) is 10.8. The maximum atomic E-state index is 12.9. The van der Waals surface area contributed by atoms with E-state index in [4.69, 9.17) is 5.73 Å². The van der Waals surface area contributed by atoms with Crippen LogP contribution in [0.4, 0.5) is 0 Å². The Morgan fingerprint density at radius 3 is 2.11 bits per heavy atom. The van der Waals surface area contributed by atoms with Gasteiger partial charge in [0.05, 0.1) is 6.54 Å². The van der Waals surface area contributed by atoms with Crippen molar-refractivity contribution in [3.05, 3.63) is 0 Å². The van der Waals surface area contributed by atoms with E-state index < -0.39 is 0 Å². The Labute approximate surface area is 169 Å². The highest BCUT2D eigenvalue weighted by Crippen LogP contribution is 2.34. The van der Waals surface area contributed by atoms with Crippen LogP contribution in [-0.4, -0.2) is 73.2 Å². The second-order valence-corrected chi connectivity index (χ2v) is 8.81. The van der Waals surface area contributed by atoms with Crippen molar-refractivity contribution in [1.82, 2.24) is 15.1 Å². The molecule has 3 atom stereocenters.